The fraction of sp³-hybridized carbons (Fsp3) is 0.857. The van der Waals surface area contributed by atoms with Crippen molar-refractivity contribution in [3.63, 3.8) is 0 Å². The predicted octanol–water partition coefficient (Wildman–Crippen LogP) is 2.01. The molecule has 1 rings (SSSR count). The Bertz CT molecular complexity index is 124. The smallest absolute Gasteiger partial charge is 0.268 e. The third-order valence-corrected chi connectivity index (χ3v) is 1.82. The lowest BCUT2D eigenvalue weighted by molar-refractivity contribution is -0.0111. The van der Waals surface area contributed by atoms with Crippen LogP contribution in [0, 0.1) is 0 Å². The molecule has 0 bridgehead atoms. The molecule has 0 unspecified atom stereocenters. The SMILES string of the molecule is [N-]=[N+]=C1CCCCCC1. The van der Waals surface area contributed by atoms with E-state index in [9.17, 15) is 0 Å². The zero-order valence-corrected chi connectivity index (χ0v) is 5.64. The summed E-state index contributed by atoms with van der Waals surface area (Å²) in [7, 11) is 0. The normalized spacial score (nSPS) is 20.7. The Balaban J connectivity index is 2.45. The Kier molecular flexibility index (Phi) is 2.47. The highest BCUT2D eigenvalue weighted by molar-refractivity contribution is 5.79. The summed E-state index contributed by atoms with van der Waals surface area (Å²) in [5.41, 5.74) is 9.40. The molecule has 1 fully saturated rings. The van der Waals surface area contributed by atoms with E-state index in [0.29, 0.717) is 0 Å². The third-order valence-electron chi connectivity index (χ3n) is 1.82. The fourth-order valence-electron chi connectivity index (χ4n) is 1.24. The van der Waals surface area contributed by atoms with Crippen molar-refractivity contribution in [1.82, 2.24) is 0 Å². The summed E-state index contributed by atoms with van der Waals surface area (Å²) < 4.78 is 0. The van der Waals surface area contributed by atoms with Crippen LogP contribution >= 0.6 is 0 Å². The van der Waals surface area contributed by atoms with Gasteiger partial charge in [-0.3, -0.25) is 0 Å². The zero-order chi connectivity index (χ0) is 6.53. The van der Waals surface area contributed by atoms with Gasteiger partial charge in [0.15, 0.2) is 0 Å². The Morgan fingerprint density at radius 2 is 1.56 bits per heavy atom. The average Bonchev–Trinajstić information content (AvgIpc) is 2.13. The van der Waals surface area contributed by atoms with E-state index in [4.69, 9.17) is 5.53 Å². The van der Waals surface area contributed by atoms with Crippen molar-refractivity contribution < 1.29 is 4.79 Å². The molecule has 0 radical (unpaired) electrons. The molecule has 0 spiro atoms. The molecule has 0 aromatic rings. The van der Waals surface area contributed by atoms with Gasteiger partial charge in [0.05, 0.1) is 0 Å². The molecule has 0 atom stereocenters. The second-order valence-electron chi connectivity index (χ2n) is 2.58. The molecular weight excluding hydrogens is 112 g/mol. The van der Waals surface area contributed by atoms with E-state index >= 15 is 0 Å². The maximum absolute atomic E-state index is 8.40. The first-order chi connectivity index (χ1) is 4.43. The molecule has 0 N–H and O–H groups in total. The van der Waals surface area contributed by atoms with Gasteiger partial charge in [-0.2, -0.15) is 4.79 Å². The Hall–Kier alpha value is -0.620. The Labute approximate surface area is 55.5 Å². The van der Waals surface area contributed by atoms with E-state index in [0.717, 1.165) is 18.6 Å². The Morgan fingerprint density at radius 3 is 2.00 bits per heavy atom. The molecule has 0 heterocycles. The highest BCUT2D eigenvalue weighted by Crippen LogP contribution is 2.12. The fourth-order valence-corrected chi connectivity index (χ4v) is 1.24. The summed E-state index contributed by atoms with van der Waals surface area (Å²) in [5.74, 6) is 0. The minimum absolute atomic E-state index is 0.993. The molecule has 1 aliphatic carbocycles. The summed E-state index contributed by atoms with van der Waals surface area (Å²) >= 11 is 0. The average molecular weight is 124 g/mol. The molecule has 0 aliphatic heterocycles. The molecule has 50 valence electrons. The minimum atomic E-state index is 0.993. The van der Waals surface area contributed by atoms with Crippen molar-refractivity contribution in [1.29, 1.82) is 0 Å². The summed E-state index contributed by atoms with van der Waals surface area (Å²) in [5, 5.41) is 0. The molecule has 2 heteroatoms. The first kappa shape index (κ1) is 6.50. The first-order valence-corrected chi connectivity index (χ1v) is 3.63. The molecule has 9 heavy (non-hydrogen) atoms. The van der Waals surface area contributed by atoms with Crippen LogP contribution in [0.25, 0.3) is 5.53 Å². The number of hydrogen-bond donors (Lipinski definition) is 0. The molecule has 0 saturated heterocycles. The van der Waals surface area contributed by atoms with Crippen LogP contribution in [-0.4, -0.2) is 10.5 Å². The summed E-state index contributed by atoms with van der Waals surface area (Å²) in [4.78, 5) is 3.22. The van der Waals surface area contributed by atoms with Crippen molar-refractivity contribution in [2.24, 2.45) is 0 Å². The largest absolute Gasteiger partial charge is 0.362 e. The van der Waals surface area contributed by atoms with Gasteiger partial charge in [-0.05, 0) is 12.8 Å². The lowest BCUT2D eigenvalue weighted by Crippen LogP contribution is -1.95. The maximum atomic E-state index is 8.40. The standard InChI is InChI=1S/C7H12N2/c8-9-7-5-3-1-2-4-6-7/h1-6H2. The van der Waals surface area contributed by atoms with Gasteiger partial charge in [0.1, 0.15) is 0 Å². The van der Waals surface area contributed by atoms with Crippen LogP contribution in [0.15, 0.2) is 0 Å². The molecular formula is C7H12N2. The maximum Gasteiger partial charge on any atom is 0.268 e. The highest BCUT2D eigenvalue weighted by atomic mass is 14.9. The predicted molar refractivity (Wildman–Crippen MR) is 36.3 cm³/mol. The molecule has 1 saturated carbocycles. The van der Waals surface area contributed by atoms with E-state index < -0.39 is 0 Å². The zero-order valence-electron chi connectivity index (χ0n) is 5.64. The van der Waals surface area contributed by atoms with Crippen LogP contribution in [0.5, 0.6) is 0 Å². The van der Waals surface area contributed by atoms with Gasteiger partial charge < -0.3 is 5.53 Å². The van der Waals surface area contributed by atoms with Gasteiger partial charge in [-0.15, -0.1) is 0 Å². The lowest BCUT2D eigenvalue weighted by atomic mass is 10.2. The van der Waals surface area contributed by atoms with E-state index in [2.05, 4.69) is 4.79 Å². The second-order valence-corrected chi connectivity index (χ2v) is 2.58. The number of hydrogen-bond acceptors (Lipinski definition) is 0. The third kappa shape index (κ3) is 1.98. The van der Waals surface area contributed by atoms with Crippen molar-refractivity contribution in [3.05, 3.63) is 5.53 Å². The van der Waals surface area contributed by atoms with Crippen LogP contribution in [0.3, 0.4) is 0 Å². The molecule has 2 nitrogen and oxygen atoms in total. The van der Waals surface area contributed by atoms with E-state index in [1.807, 2.05) is 0 Å². The van der Waals surface area contributed by atoms with E-state index in [1.54, 1.807) is 0 Å². The van der Waals surface area contributed by atoms with Crippen LogP contribution in [-0.2, 0) is 0 Å². The first-order valence-electron chi connectivity index (χ1n) is 3.63. The topological polar surface area (TPSA) is 36.4 Å². The van der Waals surface area contributed by atoms with Crippen LogP contribution < -0.4 is 0 Å². The van der Waals surface area contributed by atoms with Gasteiger partial charge in [-0.25, -0.2) is 0 Å². The van der Waals surface area contributed by atoms with Gasteiger partial charge >= 0.3 is 0 Å². The van der Waals surface area contributed by atoms with Gasteiger partial charge in [0, 0.05) is 12.8 Å². The van der Waals surface area contributed by atoms with Crippen LogP contribution in [0.2, 0.25) is 0 Å². The van der Waals surface area contributed by atoms with Crippen molar-refractivity contribution in [2.45, 2.75) is 38.5 Å². The quantitative estimate of drug-likeness (QED) is 0.269. The monoisotopic (exact) mass is 124 g/mol. The highest BCUT2D eigenvalue weighted by Gasteiger charge is 2.10. The van der Waals surface area contributed by atoms with Crippen molar-refractivity contribution >= 4 is 5.71 Å². The molecule has 0 aromatic carbocycles. The van der Waals surface area contributed by atoms with E-state index in [-0.39, 0.29) is 0 Å². The van der Waals surface area contributed by atoms with Crippen molar-refractivity contribution in [3.8, 4) is 0 Å². The van der Waals surface area contributed by atoms with Crippen LogP contribution in [0.1, 0.15) is 38.5 Å². The van der Waals surface area contributed by atoms with Gasteiger partial charge in [0.25, 0.3) is 5.71 Å². The lowest BCUT2D eigenvalue weighted by Gasteiger charge is -1.84. The molecule has 0 aromatic heterocycles. The van der Waals surface area contributed by atoms with E-state index in [1.165, 1.54) is 25.7 Å². The van der Waals surface area contributed by atoms with Crippen molar-refractivity contribution in [2.75, 3.05) is 0 Å². The molecule has 0 amide bonds. The summed E-state index contributed by atoms with van der Waals surface area (Å²) in [6, 6.07) is 0. The number of nitrogens with zero attached hydrogens (tertiary/aromatic N) is 2. The Morgan fingerprint density at radius 1 is 1.00 bits per heavy atom. The van der Waals surface area contributed by atoms with Gasteiger partial charge in [0.2, 0.25) is 0 Å². The second kappa shape index (κ2) is 3.41. The van der Waals surface area contributed by atoms with Gasteiger partial charge in [-0.1, -0.05) is 12.8 Å². The number of rotatable bonds is 0. The molecule has 1 aliphatic rings. The summed E-state index contributed by atoms with van der Waals surface area (Å²) in [6.45, 7) is 0. The summed E-state index contributed by atoms with van der Waals surface area (Å²) in [6.07, 6.45) is 7.05. The van der Waals surface area contributed by atoms with Crippen LogP contribution in [0.4, 0.5) is 0 Å². The minimum Gasteiger partial charge on any atom is -0.362 e.